The lowest BCUT2D eigenvalue weighted by Gasteiger charge is -2.47. The molecule has 40 heavy (non-hydrogen) atoms. The van der Waals surface area contributed by atoms with Crippen molar-refractivity contribution in [2.45, 2.75) is 123 Å². The van der Waals surface area contributed by atoms with Crippen molar-refractivity contribution in [2.24, 2.45) is 0 Å². The molecule has 3 N–H and O–H groups in total. The fourth-order valence-electron chi connectivity index (χ4n) is 7.71. The highest BCUT2D eigenvalue weighted by molar-refractivity contribution is 6.01. The molecule has 2 aliphatic heterocycles. The van der Waals surface area contributed by atoms with Crippen LogP contribution in [0.3, 0.4) is 0 Å². The van der Waals surface area contributed by atoms with Crippen LogP contribution >= 0.6 is 0 Å². The maximum Gasteiger partial charge on any atom is 0.253 e. The van der Waals surface area contributed by atoms with Crippen molar-refractivity contribution in [1.29, 1.82) is 0 Å². The average Bonchev–Trinajstić information content (AvgIpc) is 3.39. The Morgan fingerprint density at radius 1 is 1.05 bits per heavy atom. The molecule has 1 aromatic carbocycles. The molecular weight excluding hydrogens is 496 g/mol. The monoisotopic (exact) mass is 544 g/mol. The van der Waals surface area contributed by atoms with E-state index in [-0.39, 0.29) is 29.1 Å². The Labute approximate surface area is 240 Å². The van der Waals surface area contributed by atoms with Crippen molar-refractivity contribution >= 4 is 17.7 Å². The number of anilines is 1. The van der Waals surface area contributed by atoms with Crippen LogP contribution in [-0.4, -0.2) is 34.6 Å². The smallest absolute Gasteiger partial charge is 0.253 e. The lowest BCUT2D eigenvalue weighted by molar-refractivity contribution is 0.0950. The first-order valence-electron chi connectivity index (χ1n) is 15.3. The number of nitrogens with zero attached hydrogens (tertiary/aromatic N) is 1. The topological polar surface area (TPSA) is 77.2 Å². The predicted octanol–water partition coefficient (Wildman–Crippen LogP) is 6.50. The van der Waals surface area contributed by atoms with Gasteiger partial charge in [-0.25, -0.2) is 0 Å². The Morgan fingerprint density at radius 2 is 1.73 bits per heavy atom. The predicted molar refractivity (Wildman–Crippen MR) is 165 cm³/mol. The maximum atomic E-state index is 14.0. The number of fused-ring (bicyclic) bond motifs is 1. The van der Waals surface area contributed by atoms with Gasteiger partial charge in [0.1, 0.15) is 0 Å². The molecule has 6 heteroatoms. The molecule has 0 bridgehead atoms. The Morgan fingerprint density at radius 3 is 2.35 bits per heavy atom. The molecule has 2 aromatic rings. The first-order valence-corrected chi connectivity index (χ1v) is 15.3. The zero-order chi connectivity index (χ0) is 28.8. The van der Waals surface area contributed by atoms with E-state index in [0.717, 1.165) is 48.2 Å². The summed E-state index contributed by atoms with van der Waals surface area (Å²) >= 11 is 0. The van der Waals surface area contributed by atoms with E-state index in [1.54, 1.807) is 0 Å². The summed E-state index contributed by atoms with van der Waals surface area (Å²) < 4.78 is 0. The molecule has 1 aliphatic carbocycles. The third-order valence-corrected chi connectivity index (χ3v) is 9.26. The fourth-order valence-corrected chi connectivity index (χ4v) is 7.71. The normalized spacial score (nSPS) is 20.8. The minimum absolute atomic E-state index is 0.00909. The van der Waals surface area contributed by atoms with Crippen LogP contribution in [0.1, 0.15) is 124 Å². The number of H-pyrrole nitrogens is 1. The van der Waals surface area contributed by atoms with E-state index in [9.17, 15) is 9.59 Å². The summed E-state index contributed by atoms with van der Waals surface area (Å²) in [7, 11) is 0. The van der Waals surface area contributed by atoms with Crippen molar-refractivity contribution in [1.82, 2.24) is 15.6 Å². The first kappa shape index (κ1) is 28.7. The molecule has 0 spiro atoms. The Kier molecular flexibility index (Phi) is 7.77. The highest BCUT2D eigenvalue weighted by atomic mass is 16.1. The van der Waals surface area contributed by atoms with Crippen LogP contribution < -0.4 is 21.1 Å². The van der Waals surface area contributed by atoms with Gasteiger partial charge in [0, 0.05) is 58.3 Å². The van der Waals surface area contributed by atoms with E-state index >= 15 is 0 Å². The van der Waals surface area contributed by atoms with E-state index in [2.05, 4.69) is 73.3 Å². The molecule has 3 heterocycles. The van der Waals surface area contributed by atoms with Crippen molar-refractivity contribution < 1.29 is 4.79 Å². The summed E-state index contributed by atoms with van der Waals surface area (Å²) in [4.78, 5) is 32.2. The molecule has 0 radical (unpaired) electrons. The van der Waals surface area contributed by atoms with Crippen LogP contribution in [0.25, 0.3) is 6.08 Å². The van der Waals surface area contributed by atoms with Crippen molar-refractivity contribution in [3.63, 3.8) is 0 Å². The van der Waals surface area contributed by atoms with Crippen LogP contribution in [0.15, 0.2) is 28.6 Å². The Balaban J connectivity index is 1.58. The van der Waals surface area contributed by atoms with Gasteiger partial charge in [-0.15, -0.1) is 0 Å². The molecule has 2 fully saturated rings. The lowest BCUT2D eigenvalue weighted by Crippen LogP contribution is -2.57. The minimum Gasteiger partial charge on any atom is -0.364 e. The second kappa shape index (κ2) is 10.8. The van der Waals surface area contributed by atoms with Gasteiger partial charge in [-0.3, -0.25) is 9.59 Å². The molecule has 1 saturated heterocycles. The molecule has 1 amide bonds. The van der Waals surface area contributed by atoms with Crippen LogP contribution in [-0.2, 0) is 6.54 Å². The van der Waals surface area contributed by atoms with Crippen LogP contribution in [0, 0.1) is 13.8 Å². The molecule has 0 unspecified atom stereocenters. The number of carbonyl (C=O) groups is 1. The minimum atomic E-state index is -0.131. The third-order valence-electron chi connectivity index (χ3n) is 9.26. The number of hydrogen-bond acceptors (Lipinski definition) is 4. The van der Waals surface area contributed by atoms with E-state index in [1.807, 2.05) is 19.9 Å². The van der Waals surface area contributed by atoms with Crippen molar-refractivity contribution in [2.75, 3.05) is 11.4 Å². The molecule has 3 aliphatic rings. The molecule has 1 saturated carbocycles. The SMILES string of the molecule is CCC1=Cc2c(C(=O)NCc3c(C)cc(C)[nH]c3=O)cc(C3CC(C)(C)NC(C)(C)C3)cc2N(C2CCCC2)C1. The Hall–Kier alpha value is -2.86. The third kappa shape index (κ3) is 5.93. The summed E-state index contributed by atoms with van der Waals surface area (Å²) in [5.41, 5.74) is 7.85. The van der Waals surface area contributed by atoms with E-state index in [4.69, 9.17) is 0 Å². The molecule has 216 valence electrons. The summed E-state index contributed by atoms with van der Waals surface area (Å²) in [5.74, 6) is 0.247. The zero-order valence-electron chi connectivity index (χ0n) is 25.6. The van der Waals surface area contributed by atoms with Gasteiger partial charge in [0.05, 0.1) is 0 Å². The van der Waals surface area contributed by atoms with Gasteiger partial charge in [0.2, 0.25) is 0 Å². The van der Waals surface area contributed by atoms with Crippen molar-refractivity contribution in [3.05, 3.63) is 67.6 Å². The summed E-state index contributed by atoms with van der Waals surface area (Å²) in [6.45, 7) is 16.3. The zero-order valence-corrected chi connectivity index (χ0v) is 25.6. The molecule has 5 rings (SSSR count). The number of carbonyl (C=O) groups excluding carboxylic acids is 1. The average molecular weight is 545 g/mol. The second-order valence-corrected chi connectivity index (χ2v) is 13.8. The van der Waals surface area contributed by atoms with Gasteiger partial charge < -0.3 is 20.5 Å². The van der Waals surface area contributed by atoms with Crippen LogP contribution in [0.4, 0.5) is 5.69 Å². The van der Waals surface area contributed by atoms with Gasteiger partial charge in [-0.2, -0.15) is 0 Å². The summed E-state index contributed by atoms with van der Waals surface area (Å²) in [6.07, 6.45) is 10.3. The largest absolute Gasteiger partial charge is 0.364 e. The highest BCUT2D eigenvalue weighted by Gasteiger charge is 2.39. The fraction of sp³-hybridized carbons (Fsp3) is 0.588. The number of nitrogens with one attached hydrogen (secondary N) is 3. The summed E-state index contributed by atoms with van der Waals surface area (Å²) in [6, 6.07) is 7.05. The number of aromatic amines is 1. The maximum absolute atomic E-state index is 14.0. The quantitative estimate of drug-likeness (QED) is 0.388. The van der Waals surface area contributed by atoms with E-state index in [0.29, 0.717) is 17.5 Å². The highest BCUT2D eigenvalue weighted by Crippen LogP contribution is 2.44. The van der Waals surface area contributed by atoms with E-state index in [1.165, 1.54) is 42.5 Å². The van der Waals surface area contributed by atoms with Gasteiger partial charge >= 0.3 is 0 Å². The standard InChI is InChI=1S/C34H48N4O2/c1-8-23-14-27-28(31(39)35-19-29-21(2)13-22(3)36-32(29)40)15-24(25-17-33(4,5)37-34(6,7)18-25)16-30(27)38(20-23)26-11-9-10-12-26/h13-16,25-26,37H,8-12,17-20H2,1-7H3,(H,35,39)(H,36,40). The molecule has 1 aromatic heterocycles. The number of piperidine rings is 1. The number of aromatic nitrogens is 1. The Bertz CT molecular complexity index is 1360. The second-order valence-electron chi connectivity index (χ2n) is 13.8. The number of benzene rings is 1. The number of rotatable bonds is 6. The van der Waals surface area contributed by atoms with Gasteiger partial charge in [-0.1, -0.05) is 31.4 Å². The number of amides is 1. The summed E-state index contributed by atoms with van der Waals surface area (Å²) in [5, 5.41) is 6.95. The van der Waals surface area contributed by atoms with E-state index < -0.39 is 0 Å². The number of hydrogen-bond donors (Lipinski definition) is 3. The molecule has 0 atom stereocenters. The number of pyridine rings is 1. The lowest BCUT2D eigenvalue weighted by atomic mass is 9.72. The van der Waals surface area contributed by atoms with Gasteiger partial charge in [-0.05, 0) is 109 Å². The van der Waals surface area contributed by atoms with Crippen LogP contribution in [0.2, 0.25) is 0 Å². The van der Waals surface area contributed by atoms with Crippen molar-refractivity contribution in [3.8, 4) is 0 Å². The molecule has 6 nitrogen and oxygen atoms in total. The number of aryl methyl sites for hydroxylation is 2. The molecular formula is C34H48N4O2. The van der Waals surface area contributed by atoms with Gasteiger partial charge in [0.15, 0.2) is 0 Å². The first-order chi connectivity index (χ1) is 18.9. The van der Waals surface area contributed by atoms with Crippen LogP contribution in [0.5, 0.6) is 0 Å². The van der Waals surface area contributed by atoms with Gasteiger partial charge in [0.25, 0.3) is 11.5 Å².